The number of benzene rings is 2. The molecule has 0 N–H and O–H groups in total. The number of amides is 1. The number of aryl methyl sites for hydroxylation is 1. The van der Waals surface area contributed by atoms with Gasteiger partial charge in [0.15, 0.2) is 0 Å². The number of hydrogen-bond acceptors (Lipinski definition) is 4. The van der Waals surface area contributed by atoms with Gasteiger partial charge in [-0.1, -0.05) is 49.4 Å². The van der Waals surface area contributed by atoms with Crippen molar-refractivity contribution in [3.05, 3.63) is 97.8 Å². The van der Waals surface area contributed by atoms with Crippen molar-refractivity contribution in [2.24, 2.45) is 5.92 Å². The summed E-state index contributed by atoms with van der Waals surface area (Å²) >= 11 is 0. The van der Waals surface area contributed by atoms with E-state index in [1.807, 2.05) is 59.5 Å². The molecule has 0 aliphatic carbocycles. The Bertz CT molecular complexity index is 1260. The number of nitrogens with zero attached hydrogens (tertiary/aromatic N) is 4. The number of fused-ring (bicyclic) bond motifs is 3. The molecule has 1 fully saturated rings. The molecule has 3 aromatic rings. The molecule has 1 amide bonds. The van der Waals surface area contributed by atoms with Crippen molar-refractivity contribution in [3.8, 4) is 0 Å². The van der Waals surface area contributed by atoms with Gasteiger partial charge in [0, 0.05) is 31.1 Å². The molecular formula is C25H26N4O3. The Morgan fingerprint density at radius 2 is 1.72 bits per heavy atom. The zero-order valence-corrected chi connectivity index (χ0v) is 18.1. The molecule has 0 radical (unpaired) electrons. The molecule has 2 aliphatic rings. The van der Waals surface area contributed by atoms with Crippen LogP contribution >= 0.6 is 0 Å². The molecule has 3 heterocycles. The van der Waals surface area contributed by atoms with Crippen LogP contribution in [-0.2, 0) is 19.5 Å². The van der Waals surface area contributed by atoms with E-state index in [1.54, 1.807) is 0 Å². The Morgan fingerprint density at radius 1 is 0.969 bits per heavy atom. The highest BCUT2D eigenvalue weighted by molar-refractivity contribution is 5.94. The molecule has 0 bridgehead atoms. The van der Waals surface area contributed by atoms with Crippen LogP contribution in [0.15, 0.2) is 64.2 Å². The second-order valence-corrected chi connectivity index (χ2v) is 8.68. The molecule has 2 atom stereocenters. The number of likely N-dealkylation sites (tertiary alicyclic amines) is 1. The molecule has 32 heavy (non-hydrogen) atoms. The summed E-state index contributed by atoms with van der Waals surface area (Å²) in [5, 5.41) is 4.61. The van der Waals surface area contributed by atoms with Gasteiger partial charge in [-0.15, -0.1) is 0 Å². The van der Waals surface area contributed by atoms with Gasteiger partial charge in [-0.3, -0.25) is 19.0 Å². The highest BCUT2D eigenvalue weighted by atomic mass is 16.2. The summed E-state index contributed by atoms with van der Waals surface area (Å²) in [4.78, 5) is 40.4. The van der Waals surface area contributed by atoms with Crippen LogP contribution in [0.2, 0.25) is 0 Å². The number of piperidine rings is 1. The number of rotatable bonds is 4. The van der Waals surface area contributed by atoms with E-state index in [4.69, 9.17) is 0 Å². The zero-order chi connectivity index (χ0) is 22.2. The first kappa shape index (κ1) is 20.4. The number of hydrogen-bond donors (Lipinski definition) is 0. The van der Waals surface area contributed by atoms with Crippen LogP contribution in [0.5, 0.6) is 0 Å². The summed E-state index contributed by atoms with van der Waals surface area (Å²) in [5.74, 6) is 0.797. The van der Waals surface area contributed by atoms with Crippen molar-refractivity contribution in [2.45, 2.75) is 38.8 Å². The van der Waals surface area contributed by atoms with Gasteiger partial charge in [0.25, 0.3) is 5.91 Å². The molecule has 2 aromatic carbocycles. The van der Waals surface area contributed by atoms with Crippen molar-refractivity contribution >= 4 is 5.91 Å². The van der Waals surface area contributed by atoms with Crippen LogP contribution in [-0.4, -0.2) is 38.2 Å². The quantitative estimate of drug-likeness (QED) is 0.595. The van der Waals surface area contributed by atoms with E-state index in [9.17, 15) is 14.4 Å². The molecule has 5 rings (SSSR count). The van der Waals surface area contributed by atoms with Gasteiger partial charge in [0.05, 0.1) is 6.54 Å². The normalized spacial score (nSPS) is 19.5. The maximum absolute atomic E-state index is 13.1. The first-order valence-corrected chi connectivity index (χ1v) is 11.2. The van der Waals surface area contributed by atoms with Gasteiger partial charge < -0.3 is 4.90 Å². The van der Waals surface area contributed by atoms with E-state index < -0.39 is 11.1 Å². The minimum Gasteiger partial charge on any atom is -0.338 e. The van der Waals surface area contributed by atoms with E-state index in [1.165, 1.54) is 14.8 Å². The predicted octanol–water partition coefficient (Wildman–Crippen LogP) is 2.28. The fraction of sp³-hybridized carbons (Fsp3) is 0.360. The lowest BCUT2D eigenvalue weighted by Gasteiger charge is -2.34. The molecule has 7 heteroatoms. The van der Waals surface area contributed by atoms with Crippen molar-refractivity contribution < 1.29 is 4.79 Å². The molecule has 1 aromatic heterocycles. The van der Waals surface area contributed by atoms with Crippen molar-refractivity contribution in [1.82, 2.24) is 19.2 Å². The third kappa shape index (κ3) is 3.57. The SMILES string of the molecule is CCc1ccc(C(=O)N2CC[C@@H]3Cn4c(nn(Cc5ccccc5)c(=O)c4=O)[C@@H]3C2)cc1. The van der Waals surface area contributed by atoms with Crippen LogP contribution in [0.1, 0.15) is 46.6 Å². The predicted molar refractivity (Wildman–Crippen MR) is 121 cm³/mol. The summed E-state index contributed by atoms with van der Waals surface area (Å²) in [6, 6.07) is 17.3. The lowest BCUT2D eigenvalue weighted by atomic mass is 9.87. The van der Waals surface area contributed by atoms with E-state index in [0.29, 0.717) is 31.0 Å². The molecule has 164 valence electrons. The minimum absolute atomic E-state index is 0.00417. The average molecular weight is 431 g/mol. The Hall–Kier alpha value is -3.48. The van der Waals surface area contributed by atoms with Crippen LogP contribution in [0, 0.1) is 5.92 Å². The second-order valence-electron chi connectivity index (χ2n) is 8.68. The molecular weight excluding hydrogens is 404 g/mol. The van der Waals surface area contributed by atoms with Crippen molar-refractivity contribution in [3.63, 3.8) is 0 Å². The molecule has 2 aliphatic heterocycles. The fourth-order valence-corrected chi connectivity index (χ4v) is 4.86. The third-order valence-corrected chi connectivity index (χ3v) is 6.74. The molecule has 7 nitrogen and oxygen atoms in total. The first-order chi connectivity index (χ1) is 15.5. The lowest BCUT2D eigenvalue weighted by Crippen LogP contribution is -2.44. The van der Waals surface area contributed by atoms with Gasteiger partial charge in [-0.25, -0.2) is 4.68 Å². The standard InChI is InChI=1S/C25H26N4O3/c1-2-17-8-10-19(11-9-17)23(30)27-13-12-20-15-28-22(21(20)16-27)26-29(25(32)24(28)31)14-18-6-4-3-5-7-18/h3-11,20-21H,2,12-16H2,1H3/t20-,21-/m1/s1. The van der Waals surface area contributed by atoms with E-state index in [2.05, 4.69) is 12.0 Å². The minimum atomic E-state index is -0.597. The highest BCUT2D eigenvalue weighted by Crippen LogP contribution is 2.37. The number of aromatic nitrogens is 3. The first-order valence-electron chi connectivity index (χ1n) is 11.2. The topological polar surface area (TPSA) is 77.2 Å². The Balaban J connectivity index is 1.43. The van der Waals surface area contributed by atoms with E-state index in [-0.39, 0.29) is 24.3 Å². The average Bonchev–Trinajstić information content (AvgIpc) is 3.20. The van der Waals surface area contributed by atoms with Crippen molar-refractivity contribution in [1.29, 1.82) is 0 Å². The Kier molecular flexibility index (Phi) is 5.25. The summed E-state index contributed by atoms with van der Waals surface area (Å²) in [6.45, 7) is 4.00. The molecule has 1 saturated heterocycles. The largest absolute Gasteiger partial charge is 0.338 e. The van der Waals surface area contributed by atoms with Crippen LogP contribution in [0.4, 0.5) is 0 Å². The monoisotopic (exact) mass is 430 g/mol. The zero-order valence-electron chi connectivity index (χ0n) is 18.1. The van der Waals surface area contributed by atoms with Crippen LogP contribution in [0.3, 0.4) is 0 Å². The smallest absolute Gasteiger partial charge is 0.332 e. The summed E-state index contributed by atoms with van der Waals surface area (Å²) < 4.78 is 2.80. The maximum atomic E-state index is 13.1. The van der Waals surface area contributed by atoms with Crippen LogP contribution < -0.4 is 11.1 Å². The third-order valence-electron chi connectivity index (χ3n) is 6.74. The molecule has 0 saturated carbocycles. The fourth-order valence-electron chi connectivity index (χ4n) is 4.86. The van der Waals surface area contributed by atoms with Crippen LogP contribution in [0.25, 0.3) is 0 Å². The highest BCUT2D eigenvalue weighted by Gasteiger charge is 2.41. The Morgan fingerprint density at radius 3 is 2.44 bits per heavy atom. The summed E-state index contributed by atoms with van der Waals surface area (Å²) in [7, 11) is 0. The van der Waals surface area contributed by atoms with Gasteiger partial charge >= 0.3 is 11.1 Å². The molecule has 0 spiro atoms. The maximum Gasteiger partial charge on any atom is 0.332 e. The van der Waals surface area contributed by atoms with Crippen molar-refractivity contribution in [2.75, 3.05) is 13.1 Å². The van der Waals surface area contributed by atoms with E-state index in [0.717, 1.165) is 18.4 Å². The summed E-state index contributed by atoms with van der Waals surface area (Å²) in [5.41, 5.74) is 1.67. The number of carbonyl (C=O) groups excluding carboxylic acids is 1. The molecule has 0 unspecified atom stereocenters. The van der Waals surface area contributed by atoms with E-state index >= 15 is 0 Å². The lowest BCUT2D eigenvalue weighted by molar-refractivity contribution is 0.0667. The summed E-state index contributed by atoms with van der Waals surface area (Å²) in [6.07, 6.45) is 1.73. The van der Waals surface area contributed by atoms with Gasteiger partial charge in [0.1, 0.15) is 5.82 Å². The van der Waals surface area contributed by atoms with Gasteiger partial charge in [-0.2, -0.15) is 5.10 Å². The van der Waals surface area contributed by atoms with Gasteiger partial charge in [-0.05, 0) is 42.0 Å². The Labute approximate surface area is 185 Å². The number of carbonyl (C=O) groups is 1. The van der Waals surface area contributed by atoms with Gasteiger partial charge in [0.2, 0.25) is 0 Å². The second kappa shape index (κ2) is 8.22.